The predicted molar refractivity (Wildman–Crippen MR) is 67.9 cm³/mol. The van der Waals surface area contributed by atoms with Crippen LogP contribution in [0.15, 0.2) is 12.4 Å². The van der Waals surface area contributed by atoms with E-state index in [9.17, 15) is 4.79 Å². The van der Waals surface area contributed by atoms with Crippen LogP contribution in [0.25, 0.3) is 0 Å². The van der Waals surface area contributed by atoms with Crippen LogP contribution in [0, 0.1) is 5.92 Å². The fourth-order valence-corrected chi connectivity index (χ4v) is 2.21. The third-order valence-corrected chi connectivity index (χ3v) is 3.30. The Morgan fingerprint density at radius 3 is 3.22 bits per heavy atom. The Kier molecular flexibility index (Phi) is 5.14. The Bertz CT molecular complexity index is 345. The molecule has 0 aliphatic carbocycles. The lowest BCUT2D eigenvalue weighted by Crippen LogP contribution is -2.25. The highest BCUT2D eigenvalue weighted by Gasteiger charge is 2.15. The summed E-state index contributed by atoms with van der Waals surface area (Å²) in [6.45, 7) is 3.68. The van der Waals surface area contributed by atoms with Gasteiger partial charge in [0.2, 0.25) is 5.91 Å². The molecule has 2 rings (SSSR count). The first-order valence-electron chi connectivity index (χ1n) is 6.66. The summed E-state index contributed by atoms with van der Waals surface area (Å²) in [7, 11) is 0. The van der Waals surface area contributed by atoms with Crippen molar-refractivity contribution >= 4 is 5.91 Å². The van der Waals surface area contributed by atoms with Crippen LogP contribution in [-0.4, -0.2) is 40.5 Å². The molecule has 1 aromatic heterocycles. The molecule has 2 N–H and O–H groups in total. The van der Waals surface area contributed by atoms with Crippen LogP contribution in [0.1, 0.15) is 25.7 Å². The molecule has 100 valence electrons. The molecule has 0 spiro atoms. The predicted octanol–water partition coefficient (Wildman–Crippen LogP) is 0.174. The van der Waals surface area contributed by atoms with Crippen molar-refractivity contribution in [2.75, 3.05) is 19.6 Å². The highest BCUT2D eigenvalue weighted by molar-refractivity contribution is 5.75. The van der Waals surface area contributed by atoms with E-state index in [1.807, 2.05) is 6.20 Å². The normalized spacial score (nSPS) is 19.0. The van der Waals surface area contributed by atoms with Gasteiger partial charge >= 0.3 is 0 Å². The van der Waals surface area contributed by atoms with E-state index in [-0.39, 0.29) is 5.91 Å². The van der Waals surface area contributed by atoms with Gasteiger partial charge < -0.3 is 10.6 Å². The molecule has 1 fully saturated rings. The third-order valence-electron chi connectivity index (χ3n) is 3.30. The van der Waals surface area contributed by atoms with Crippen LogP contribution in [0.2, 0.25) is 0 Å². The van der Waals surface area contributed by atoms with Crippen molar-refractivity contribution in [3.05, 3.63) is 12.4 Å². The van der Waals surface area contributed by atoms with Gasteiger partial charge in [0.15, 0.2) is 0 Å². The van der Waals surface area contributed by atoms with Crippen LogP contribution in [0.3, 0.4) is 0 Å². The van der Waals surface area contributed by atoms with Crippen molar-refractivity contribution in [1.82, 2.24) is 25.6 Å². The SMILES string of the molecule is O=C(CCC1CCNC1)NCCCn1ccnn1. The number of carbonyl (C=O) groups excluding carboxylic acids is 1. The average Bonchev–Trinajstić information content (AvgIpc) is 3.04. The summed E-state index contributed by atoms with van der Waals surface area (Å²) < 4.78 is 1.77. The van der Waals surface area contributed by atoms with Gasteiger partial charge in [-0.25, -0.2) is 0 Å². The smallest absolute Gasteiger partial charge is 0.220 e. The lowest BCUT2D eigenvalue weighted by molar-refractivity contribution is -0.121. The molecular weight excluding hydrogens is 230 g/mol. The number of hydrogen-bond donors (Lipinski definition) is 2. The molecule has 0 aromatic carbocycles. The second-order valence-corrected chi connectivity index (χ2v) is 4.77. The fraction of sp³-hybridized carbons (Fsp3) is 0.750. The number of hydrogen-bond acceptors (Lipinski definition) is 4. The first kappa shape index (κ1) is 13.0. The van der Waals surface area contributed by atoms with E-state index >= 15 is 0 Å². The van der Waals surface area contributed by atoms with Crippen molar-refractivity contribution < 1.29 is 4.79 Å². The Morgan fingerprint density at radius 2 is 2.50 bits per heavy atom. The van der Waals surface area contributed by atoms with Crippen LogP contribution in [0.4, 0.5) is 0 Å². The van der Waals surface area contributed by atoms with Crippen molar-refractivity contribution in [1.29, 1.82) is 0 Å². The fourth-order valence-electron chi connectivity index (χ4n) is 2.21. The Morgan fingerprint density at radius 1 is 1.56 bits per heavy atom. The standard InChI is InChI=1S/C12H21N5O/c18-12(3-2-11-4-6-13-10-11)14-5-1-8-17-9-7-15-16-17/h7,9,11,13H,1-6,8,10H2,(H,14,18). The first-order chi connectivity index (χ1) is 8.84. The van der Waals surface area contributed by atoms with Crippen molar-refractivity contribution in [3.63, 3.8) is 0 Å². The van der Waals surface area contributed by atoms with Gasteiger partial charge in [0, 0.05) is 25.7 Å². The van der Waals surface area contributed by atoms with Gasteiger partial charge in [0.1, 0.15) is 0 Å². The number of nitrogens with zero attached hydrogens (tertiary/aromatic N) is 3. The van der Waals surface area contributed by atoms with Gasteiger partial charge in [-0.05, 0) is 38.3 Å². The van der Waals surface area contributed by atoms with E-state index < -0.39 is 0 Å². The van der Waals surface area contributed by atoms with E-state index in [0.717, 1.165) is 32.5 Å². The van der Waals surface area contributed by atoms with Gasteiger partial charge in [-0.3, -0.25) is 9.48 Å². The molecule has 0 radical (unpaired) electrons. The first-order valence-corrected chi connectivity index (χ1v) is 6.66. The van der Waals surface area contributed by atoms with Crippen molar-refractivity contribution in [2.24, 2.45) is 5.92 Å². The summed E-state index contributed by atoms with van der Waals surface area (Å²) in [4.78, 5) is 11.6. The number of aromatic nitrogens is 3. The minimum Gasteiger partial charge on any atom is -0.356 e. The molecule has 1 atom stereocenters. The number of carbonyl (C=O) groups is 1. The maximum atomic E-state index is 11.6. The van der Waals surface area contributed by atoms with Crippen molar-refractivity contribution in [3.8, 4) is 0 Å². The molecule has 1 saturated heterocycles. The largest absolute Gasteiger partial charge is 0.356 e. The lowest BCUT2D eigenvalue weighted by atomic mass is 10.0. The Balaban J connectivity index is 1.49. The molecule has 6 heteroatoms. The summed E-state index contributed by atoms with van der Waals surface area (Å²) in [6.07, 6.45) is 7.24. The summed E-state index contributed by atoms with van der Waals surface area (Å²) in [5.74, 6) is 0.853. The number of aryl methyl sites for hydroxylation is 1. The number of rotatable bonds is 7. The minimum absolute atomic E-state index is 0.167. The van der Waals surface area contributed by atoms with E-state index in [0.29, 0.717) is 18.9 Å². The zero-order chi connectivity index (χ0) is 12.6. The van der Waals surface area contributed by atoms with Crippen molar-refractivity contribution in [2.45, 2.75) is 32.2 Å². The monoisotopic (exact) mass is 251 g/mol. The van der Waals surface area contributed by atoms with Gasteiger partial charge in [-0.15, -0.1) is 5.10 Å². The molecule has 0 saturated carbocycles. The maximum Gasteiger partial charge on any atom is 0.220 e. The van der Waals surface area contributed by atoms with Crippen LogP contribution >= 0.6 is 0 Å². The van der Waals surface area contributed by atoms with Gasteiger partial charge in [-0.1, -0.05) is 5.21 Å². The van der Waals surface area contributed by atoms with Crippen LogP contribution < -0.4 is 10.6 Å². The minimum atomic E-state index is 0.167. The summed E-state index contributed by atoms with van der Waals surface area (Å²) in [6, 6.07) is 0. The molecule has 18 heavy (non-hydrogen) atoms. The number of nitrogens with one attached hydrogen (secondary N) is 2. The average molecular weight is 251 g/mol. The summed E-state index contributed by atoms with van der Waals surface area (Å²) in [5, 5.41) is 13.9. The Labute approximate surface area is 107 Å². The maximum absolute atomic E-state index is 11.6. The molecule has 1 aliphatic heterocycles. The summed E-state index contributed by atoms with van der Waals surface area (Å²) in [5.41, 5.74) is 0. The van der Waals surface area contributed by atoms with E-state index in [4.69, 9.17) is 0 Å². The second kappa shape index (κ2) is 7.10. The van der Waals surface area contributed by atoms with Gasteiger partial charge in [0.25, 0.3) is 0 Å². The molecule has 0 bridgehead atoms. The zero-order valence-corrected chi connectivity index (χ0v) is 10.6. The topological polar surface area (TPSA) is 71.8 Å². The zero-order valence-electron chi connectivity index (χ0n) is 10.6. The van der Waals surface area contributed by atoms with E-state index in [1.165, 1.54) is 6.42 Å². The molecule has 1 unspecified atom stereocenters. The Hall–Kier alpha value is -1.43. The van der Waals surface area contributed by atoms with Crippen LogP contribution in [-0.2, 0) is 11.3 Å². The third kappa shape index (κ3) is 4.44. The van der Waals surface area contributed by atoms with Gasteiger partial charge in [-0.2, -0.15) is 0 Å². The molecule has 1 amide bonds. The highest BCUT2D eigenvalue weighted by atomic mass is 16.1. The molecule has 1 aliphatic rings. The molecule has 1 aromatic rings. The van der Waals surface area contributed by atoms with Gasteiger partial charge in [0.05, 0.1) is 6.20 Å². The van der Waals surface area contributed by atoms with E-state index in [2.05, 4.69) is 20.9 Å². The van der Waals surface area contributed by atoms with E-state index in [1.54, 1.807) is 10.9 Å². The molecular formula is C12H21N5O. The molecule has 2 heterocycles. The quantitative estimate of drug-likeness (QED) is 0.678. The lowest BCUT2D eigenvalue weighted by Gasteiger charge is -2.08. The molecule has 6 nitrogen and oxygen atoms in total. The highest BCUT2D eigenvalue weighted by Crippen LogP contribution is 2.13. The second-order valence-electron chi connectivity index (χ2n) is 4.77. The summed E-state index contributed by atoms with van der Waals surface area (Å²) >= 11 is 0. The van der Waals surface area contributed by atoms with Crippen LogP contribution in [0.5, 0.6) is 0 Å². The number of amides is 1.